The fourth-order valence-corrected chi connectivity index (χ4v) is 3.85. The second kappa shape index (κ2) is 8.17. The van der Waals surface area contributed by atoms with E-state index in [1.165, 1.54) is 22.5 Å². The predicted octanol–water partition coefficient (Wildman–Crippen LogP) is 2.91. The molecule has 2 amide bonds. The Morgan fingerprint density at radius 3 is 2.54 bits per heavy atom. The van der Waals surface area contributed by atoms with Crippen LogP contribution in [0.15, 0.2) is 30.3 Å². The average Bonchev–Trinajstić information content (AvgIpc) is 3.07. The van der Waals surface area contributed by atoms with E-state index in [0.717, 1.165) is 31.6 Å². The van der Waals surface area contributed by atoms with Gasteiger partial charge in [0.25, 0.3) is 5.91 Å². The summed E-state index contributed by atoms with van der Waals surface area (Å²) < 4.78 is 0. The zero-order chi connectivity index (χ0) is 20.3. The van der Waals surface area contributed by atoms with Crippen LogP contribution in [0.3, 0.4) is 0 Å². The van der Waals surface area contributed by atoms with Gasteiger partial charge in [0.15, 0.2) is 0 Å². The van der Waals surface area contributed by atoms with Crippen molar-refractivity contribution in [2.24, 2.45) is 0 Å². The van der Waals surface area contributed by atoms with Crippen molar-refractivity contribution in [1.29, 1.82) is 0 Å². The molecule has 1 aromatic carbocycles. The van der Waals surface area contributed by atoms with E-state index >= 15 is 0 Å². The summed E-state index contributed by atoms with van der Waals surface area (Å²) in [6.45, 7) is 5.43. The number of carbonyl (C=O) groups is 2. The highest BCUT2D eigenvalue weighted by molar-refractivity contribution is 7.14. The van der Waals surface area contributed by atoms with Crippen LogP contribution in [-0.4, -0.2) is 42.4 Å². The Labute approximate surface area is 170 Å². The van der Waals surface area contributed by atoms with E-state index in [-0.39, 0.29) is 11.8 Å². The number of hydrogen-bond acceptors (Lipinski definition) is 4. The Kier molecular flexibility index (Phi) is 5.87. The first-order chi connectivity index (χ1) is 13.3. The first-order valence-electron chi connectivity index (χ1n) is 9.29. The summed E-state index contributed by atoms with van der Waals surface area (Å²) >= 11 is 1.23. The van der Waals surface area contributed by atoms with Crippen LogP contribution in [-0.2, 0) is 17.6 Å². The molecule has 1 aliphatic heterocycles. The standard InChI is InChI=1S/C22H25N3O2S/c1-5-18-8-9-19(28-18)20(26)24-22(2,3)21(27)23-17-7-6-15-10-12-25(4)13-11-16(15)14-17/h1,6-9,14H,10-13H2,2-4H3,(H,23,27)(H,24,26). The van der Waals surface area contributed by atoms with Crippen LogP contribution in [0.4, 0.5) is 5.69 Å². The zero-order valence-corrected chi connectivity index (χ0v) is 17.3. The maximum atomic E-state index is 12.8. The summed E-state index contributed by atoms with van der Waals surface area (Å²) in [4.78, 5) is 28.7. The van der Waals surface area contributed by atoms with Gasteiger partial charge < -0.3 is 15.5 Å². The summed E-state index contributed by atoms with van der Waals surface area (Å²) in [5.41, 5.74) is 2.28. The number of carbonyl (C=O) groups excluding carboxylic acids is 2. The lowest BCUT2D eigenvalue weighted by atomic mass is 10.0. The van der Waals surface area contributed by atoms with Crippen molar-refractivity contribution in [3.63, 3.8) is 0 Å². The number of benzene rings is 1. The second-order valence-corrected chi connectivity index (χ2v) is 8.71. The normalized spacial score (nSPS) is 14.5. The van der Waals surface area contributed by atoms with Crippen LogP contribution >= 0.6 is 11.3 Å². The molecule has 2 N–H and O–H groups in total. The number of likely N-dealkylation sites (N-methyl/N-ethyl adjacent to an activating group) is 1. The van der Waals surface area contributed by atoms with Crippen molar-refractivity contribution in [1.82, 2.24) is 10.2 Å². The third-order valence-corrected chi connectivity index (χ3v) is 5.97. The summed E-state index contributed by atoms with van der Waals surface area (Å²) in [5.74, 6) is 1.94. The number of fused-ring (bicyclic) bond motifs is 1. The minimum Gasteiger partial charge on any atom is -0.337 e. The maximum absolute atomic E-state index is 12.8. The molecular weight excluding hydrogens is 370 g/mol. The highest BCUT2D eigenvalue weighted by Gasteiger charge is 2.30. The number of anilines is 1. The molecule has 0 aliphatic carbocycles. The molecule has 0 radical (unpaired) electrons. The Morgan fingerprint density at radius 2 is 1.86 bits per heavy atom. The van der Waals surface area contributed by atoms with Crippen LogP contribution in [0.25, 0.3) is 0 Å². The molecule has 0 saturated carbocycles. The molecule has 0 atom stereocenters. The SMILES string of the molecule is C#Cc1ccc(C(=O)NC(C)(C)C(=O)Nc2ccc3c(c2)CCN(C)CC3)s1. The second-order valence-electron chi connectivity index (χ2n) is 7.63. The third-order valence-electron chi connectivity index (χ3n) is 4.96. The van der Waals surface area contributed by atoms with Gasteiger partial charge in [-0.15, -0.1) is 17.8 Å². The van der Waals surface area contributed by atoms with E-state index in [0.29, 0.717) is 9.75 Å². The van der Waals surface area contributed by atoms with Crippen molar-refractivity contribution >= 4 is 28.8 Å². The molecule has 6 heteroatoms. The van der Waals surface area contributed by atoms with E-state index in [2.05, 4.69) is 34.6 Å². The van der Waals surface area contributed by atoms with Gasteiger partial charge in [0.2, 0.25) is 5.91 Å². The van der Waals surface area contributed by atoms with E-state index in [4.69, 9.17) is 6.42 Å². The van der Waals surface area contributed by atoms with Crippen LogP contribution in [0, 0.1) is 12.3 Å². The van der Waals surface area contributed by atoms with Gasteiger partial charge in [-0.05, 0) is 69.1 Å². The van der Waals surface area contributed by atoms with Crippen molar-refractivity contribution < 1.29 is 9.59 Å². The van der Waals surface area contributed by atoms with E-state index < -0.39 is 5.54 Å². The van der Waals surface area contributed by atoms with Crippen LogP contribution < -0.4 is 10.6 Å². The molecule has 0 bridgehead atoms. The Morgan fingerprint density at radius 1 is 1.14 bits per heavy atom. The molecule has 2 heterocycles. The first-order valence-corrected chi connectivity index (χ1v) is 10.1. The fraction of sp³-hybridized carbons (Fsp3) is 0.364. The predicted molar refractivity (Wildman–Crippen MR) is 114 cm³/mol. The Hall–Kier alpha value is -2.62. The molecule has 1 aromatic heterocycles. The lowest BCUT2D eigenvalue weighted by molar-refractivity contribution is -0.120. The molecule has 0 spiro atoms. The van der Waals surface area contributed by atoms with Crippen molar-refractivity contribution in [2.75, 3.05) is 25.5 Å². The topological polar surface area (TPSA) is 61.4 Å². The molecule has 0 fully saturated rings. The quantitative estimate of drug-likeness (QED) is 0.783. The van der Waals surface area contributed by atoms with Crippen LogP contribution in [0.5, 0.6) is 0 Å². The summed E-state index contributed by atoms with van der Waals surface area (Å²) in [5, 5.41) is 5.73. The van der Waals surface area contributed by atoms with Gasteiger partial charge in [0.1, 0.15) is 5.54 Å². The fourth-order valence-electron chi connectivity index (χ4n) is 3.14. The molecule has 1 aliphatic rings. The van der Waals surface area contributed by atoms with E-state index in [1.54, 1.807) is 26.0 Å². The average molecular weight is 396 g/mol. The molecular formula is C22H25N3O2S. The zero-order valence-electron chi connectivity index (χ0n) is 16.5. The van der Waals surface area contributed by atoms with Crippen LogP contribution in [0.1, 0.15) is 39.5 Å². The maximum Gasteiger partial charge on any atom is 0.262 e. The number of rotatable bonds is 4. The third kappa shape index (κ3) is 4.61. The van der Waals surface area contributed by atoms with Gasteiger partial charge in [-0.3, -0.25) is 9.59 Å². The van der Waals surface area contributed by atoms with Gasteiger partial charge in [-0.2, -0.15) is 0 Å². The van der Waals surface area contributed by atoms with Gasteiger partial charge in [-0.1, -0.05) is 12.0 Å². The molecule has 28 heavy (non-hydrogen) atoms. The molecule has 146 valence electrons. The molecule has 5 nitrogen and oxygen atoms in total. The monoisotopic (exact) mass is 395 g/mol. The minimum atomic E-state index is -1.07. The number of thiophene rings is 1. The molecule has 2 aromatic rings. The lowest BCUT2D eigenvalue weighted by Gasteiger charge is -2.25. The van der Waals surface area contributed by atoms with E-state index in [1.807, 2.05) is 12.1 Å². The van der Waals surface area contributed by atoms with E-state index in [9.17, 15) is 9.59 Å². The first kappa shape index (κ1) is 20.1. The molecule has 0 saturated heterocycles. The summed E-state index contributed by atoms with van der Waals surface area (Å²) in [7, 11) is 2.12. The largest absolute Gasteiger partial charge is 0.337 e. The van der Waals surface area contributed by atoms with Gasteiger partial charge in [0.05, 0.1) is 9.75 Å². The smallest absolute Gasteiger partial charge is 0.262 e. The number of nitrogens with one attached hydrogen (secondary N) is 2. The summed E-state index contributed by atoms with van der Waals surface area (Å²) in [6.07, 6.45) is 7.33. The van der Waals surface area contributed by atoms with Crippen molar-refractivity contribution in [2.45, 2.75) is 32.2 Å². The highest BCUT2D eigenvalue weighted by atomic mass is 32.1. The number of nitrogens with zero attached hydrogens (tertiary/aromatic N) is 1. The van der Waals surface area contributed by atoms with Crippen LogP contribution in [0.2, 0.25) is 0 Å². The Bertz CT molecular complexity index is 939. The number of terminal acetylenes is 1. The van der Waals surface area contributed by atoms with Crippen molar-refractivity contribution in [3.05, 3.63) is 51.2 Å². The minimum absolute atomic E-state index is 0.264. The van der Waals surface area contributed by atoms with Gasteiger partial charge in [-0.25, -0.2) is 0 Å². The highest BCUT2D eigenvalue weighted by Crippen LogP contribution is 2.22. The number of amides is 2. The number of hydrogen-bond donors (Lipinski definition) is 2. The van der Waals surface area contributed by atoms with Crippen molar-refractivity contribution in [3.8, 4) is 12.3 Å². The summed E-state index contributed by atoms with van der Waals surface area (Å²) in [6, 6.07) is 9.45. The molecule has 3 rings (SSSR count). The van der Waals surface area contributed by atoms with Gasteiger partial charge >= 0.3 is 0 Å². The molecule has 0 unspecified atom stereocenters. The Balaban J connectivity index is 1.68. The lowest BCUT2D eigenvalue weighted by Crippen LogP contribution is -2.52. The van der Waals surface area contributed by atoms with Gasteiger partial charge in [0, 0.05) is 18.8 Å².